The summed E-state index contributed by atoms with van der Waals surface area (Å²) in [5.41, 5.74) is 1.31. The van der Waals surface area contributed by atoms with Gasteiger partial charge in [-0.1, -0.05) is 35.3 Å². The van der Waals surface area contributed by atoms with E-state index in [0.717, 1.165) is 0 Å². The molecule has 0 bridgehead atoms. The Hall–Kier alpha value is -3.17. The third-order valence-corrected chi connectivity index (χ3v) is 5.03. The van der Waals surface area contributed by atoms with Crippen molar-refractivity contribution in [2.24, 2.45) is 0 Å². The van der Waals surface area contributed by atoms with Crippen molar-refractivity contribution in [2.45, 2.75) is 25.7 Å². The van der Waals surface area contributed by atoms with E-state index in [1.807, 2.05) is 0 Å². The average Bonchev–Trinajstić information content (AvgIpc) is 3.42. The van der Waals surface area contributed by atoms with E-state index in [0.29, 0.717) is 33.1 Å². The van der Waals surface area contributed by atoms with Crippen molar-refractivity contribution >= 4 is 29.0 Å². The topological polar surface area (TPSA) is 104 Å². The summed E-state index contributed by atoms with van der Waals surface area (Å²) < 4.78 is 0. The lowest BCUT2D eigenvalue weighted by molar-refractivity contribution is -0.121. The Morgan fingerprint density at radius 1 is 0.800 bits per heavy atom. The number of hydrogen-bond acceptors (Lipinski definition) is 7. The molecule has 0 saturated carbocycles. The van der Waals surface area contributed by atoms with Gasteiger partial charge in [0.25, 0.3) is 0 Å². The zero-order valence-electron chi connectivity index (χ0n) is 16.0. The van der Waals surface area contributed by atoms with Crippen LogP contribution in [0, 0.1) is 0 Å². The second-order valence-corrected chi connectivity index (χ2v) is 7.55. The van der Waals surface area contributed by atoms with Crippen molar-refractivity contribution in [3.8, 4) is 11.4 Å². The van der Waals surface area contributed by atoms with Crippen LogP contribution in [0.15, 0.2) is 48.5 Å². The van der Waals surface area contributed by atoms with Crippen LogP contribution in [-0.4, -0.2) is 46.2 Å². The van der Waals surface area contributed by atoms with Crippen LogP contribution in [0.4, 0.5) is 0 Å². The number of benzene rings is 2. The second-order valence-electron chi connectivity index (χ2n) is 6.68. The molecule has 0 aliphatic carbocycles. The maximum atomic E-state index is 13.0. The van der Waals surface area contributed by atoms with Gasteiger partial charge in [-0.3, -0.25) is 4.79 Å². The van der Waals surface area contributed by atoms with Gasteiger partial charge >= 0.3 is 0 Å². The first kappa shape index (κ1) is 20.1. The molecule has 0 aliphatic rings. The molecule has 2 unspecified atom stereocenters. The van der Waals surface area contributed by atoms with Crippen molar-refractivity contribution < 1.29 is 4.79 Å². The minimum absolute atomic E-state index is 0.147. The fourth-order valence-electron chi connectivity index (χ4n) is 2.85. The van der Waals surface area contributed by atoms with Crippen LogP contribution in [0.3, 0.4) is 0 Å². The minimum atomic E-state index is -0.606. The molecule has 11 heteroatoms. The average molecular weight is 443 g/mol. The number of hydrogen-bond donors (Lipinski definition) is 0. The van der Waals surface area contributed by atoms with Gasteiger partial charge in [0, 0.05) is 10.0 Å². The first-order valence-electron chi connectivity index (χ1n) is 9.08. The van der Waals surface area contributed by atoms with E-state index in [1.165, 1.54) is 9.59 Å². The van der Waals surface area contributed by atoms with Crippen LogP contribution in [0.1, 0.15) is 37.3 Å². The van der Waals surface area contributed by atoms with Crippen molar-refractivity contribution in [1.82, 2.24) is 40.4 Å². The molecule has 2 atom stereocenters. The number of rotatable bonds is 6. The first-order valence-corrected chi connectivity index (χ1v) is 9.83. The Labute approximate surface area is 181 Å². The highest BCUT2D eigenvalue weighted by Crippen LogP contribution is 2.23. The van der Waals surface area contributed by atoms with Crippen molar-refractivity contribution in [3.05, 3.63) is 70.2 Å². The van der Waals surface area contributed by atoms with Crippen LogP contribution in [-0.2, 0) is 4.79 Å². The van der Waals surface area contributed by atoms with Gasteiger partial charge in [0.1, 0.15) is 0 Å². The van der Waals surface area contributed by atoms with E-state index in [2.05, 4.69) is 30.8 Å². The van der Waals surface area contributed by atoms with E-state index >= 15 is 0 Å². The van der Waals surface area contributed by atoms with Crippen molar-refractivity contribution in [3.63, 3.8) is 0 Å². The van der Waals surface area contributed by atoms with Crippen molar-refractivity contribution in [2.75, 3.05) is 0 Å². The largest absolute Gasteiger partial charge is 0.298 e. The third-order valence-electron chi connectivity index (χ3n) is 4.56. The highest BCUT2D eigenvalue weighted by atomic mass is 35.5. The molecule has 0 saturated heterocycles. The molecular formula is C19H16Cl2N8O. The normalized spacial score (nSPS) is 13.2. The van der Waals surface area contributed by atoms with Gasteiger partial charge in [0.15, 0.2) is 17.4 Å². The molecule has 4 rings (SSSR count). The molecule has 0 N–H and O–H groups in total. The summed E-state index contributed by atoms with van der Waals surface area (Å²) in [7, 11) is 0. The Bertz CT molecular complexity index is 1110. The highest BCUT2D eigenvalue weighted by molar-refractivity contribution is 6.31. The van der Waals surface area contributed by atoms with Gasteiger partial charge in [0.05, 0.1) is 23.2 Å². The smallest absolute Gasteiger partial charge is 0.185 e. The quantitative estimate of drug-likeness (QED) is 0.450. The summed E-state index contributed by atoms with van der Waals surface area (Å²) in [6, 6.07) is 14.1. The maximum absolute atomic E-state index is 13.0. The minimum Gasteiger partial charge on any atom is -0.298 e. The summed E-state index contributed by atoms with van der Waals surface area (Å²) in [5.74, 6) is -0.758. The molecule has 0 aliphatic heterocycles. The van der Waals surface area contributed by atoms with Crippen LogP contribution < -0.4 is 0 Å². The molecule has 9 nitrogen and oxygen atoms in total. The Kier molecular flexibility index (Phi) is 5.56. The lowest BCUT2D eigenvalue weighted by Gasteiger charge is -2.10. The summed E-state index contributed by atoms with van der Waals surface area (Å²) in [5, 5.41) is 25.8. The maximum Gasteiger partial charge on any atom is 0.185 e. The molecule has 0 fully saturated rings. The lowest BCUT2D eigenvalue weighted by Crippen LogP contribution is -2.19. The predicted molar refractivity (Wildman–Crippen MR) is 110 cm³/mol. The standard InChI is InChI=1S/C19H16Cl2N8O/c1-11(18-22-26-28(24-18)15-7-3-5-13(20)9-15)17(30)12(2)19-23-27-29(25-19)16-8-4-6-14(21)10-16/h3-12H,1-2H3. The molecule has 0 radical (unpaired) electrons. The fourth-order valence-corrected chi connectivity index (χ4v) is 3.22. The third kappa shape index (κ3) is 4.07. The predicted octanol–water partition coefficient (Wildman–Crippen LogP) is 3.42. The fraction of sp³-hybridized carbons (Fsp3) is 0.211. The van der Waals surface area contributed by atoms with Gasteiger partial charge in [-0.15, -0.1) is 30.0 Å². The number of carbonyl (C=O) groups excluding carboxylic acids is 1. The van der Waals surface area contributed by atoms with Gasteiger partial charge in [-0.2, -0.15) is 0 Å². The molecule has 30 heavy (non-hydrogen) atoms. The van der Waals surface area contributed by atoms with E-state index in [4.69, 9.17) is 23.2 Å². The number of ketones is 1. The molecule has 0 amide bonds. The van der Waals surface area contributed by atoms with E-state index in [9.17, 15) is 4.79 Å². The molecule has 152 valence electrons. The van der Waals surface area contributed by atoms with Crippen LogP contribution >= 0.6 is 23.2 Å². The number of aromatic nitrogens is 8. The summed E-state index contributed by atoms with van der Waals surface area (Å²) in [6.07, 6.45) is 0. The van der Waals surface area contributed by atoms with E-state index in [1.54, 1.807) is 62.4 Å². The number of carbonyl (C=O) groups is 1. The summed E-state index contributed by atoms with van der Waals surface area (Å²) >= 11 is 12.0. The lowest BCUT2D eigenvalue weighted by atomic mass is 9.94. The summed E-state index contributed by atoms with van der Waals surface area (Å²) in [6.45, 7) is 3.44. The van der Waals surface area contributed by atoms with Crippen LogP contribution in [0.2, 0.25) is 10.0 Å². The molecule has 0 spiro atoms. The van der Waals surface area contributed by atoms with Crippen molar-refractivity contribution in [1.29, 1.82) is 0 Å². The number of tetrazole rings is 2. The van der Waals surface area contributed by atoms with E-state index < -0.39 is 11.8 Å². The van der Waals surface area contributed by atoms with Gasteiger partial charge < -0.3 is 0 Å². The SMILES string of the molecule is CC(C(=O)C(C)c1nnn(-c2cccc(Cl)c2)n1)c1nnn(-c2cccc(Cl)c2)n1. The Morgan fingerprint density at radius 3 is 1.63 bits per heavy atom. The van der Waals surface area contributed by atoms with Gasteiger partial charge in [-0.25, -0.2) is 0 Å². The molecular weight excluding hydrogens is 427 g/mol. The second kappa shape index (κ2) is 8.29. The molecule has 4 aromatic rings. The Morgan fingerprint density at radius 2 is 1.23 bits per heavy atom. The molecule has 2 aromatic carbocycles. The van der Waals surface area contributed by atoms with Gasteiger partial charge in [0.2, 0.25) is 0 Å². The number of halogens is 2. The Balaban J connectivity index is 1.52. The molecule has 2 aromatic heterocycles. The zero-order chi connectivity index (χ0) is 21.3. The summed E-state index contributed by atoms with van der Waals surface area (Å²) in [4.78, 5) is 15.6. The number of nitrogens with zero attached hydrogens (tertiary/aromatic N) is 8. The van der Waals surface area contributed by atoms with Gasteiger partial charge in [-0.05, 0) is 60.7 Å². The molecule has 2 heterocycles. The highest BCUT2D eigenvalue weighted by Gasteiger charge is 2.29. The van der Waals surface area contributed by atoms with E-state index in [-0.39, 0.29) is 5.78 Å². The zero-order valence-corrected chi connectivity index (χ0v) is 17.5. The first-order chi connectivity index (χ1) is 14.4. The monoisotopic (exact) mass is 442 g/mol. The van der Waals surface area contributed by atoms with Crippen LogP contribution in [0.25, 0.3) is 11.4 Å². The number of Topliss-reactive ketones (excluding diaryl/α,β-unsaturated/α-hetero) is 1. The van der Waals surface area contributed by atoms with Crippen LogP contribution in [0.5, 0.6) is 0 Å².